The maximum Gasteiger partial charge on any atom is 0.227 e. The molecule has 1 aliphatic heterocycles. The number of pyridine rings is 1. The Balaban J connectivity index is 0.00000300. The number of nitrogens with one attached hydrogen (secondary N) is 1. The van der Waals surface area contributed by atoms with Crippen LogP contribution in [0.2, 0.25) is 5.02 Å². The molecule has 156 valence electrons. The van der Waals surface area contributed by atoms with E-state index in [1.54, 1.807) is 6.07 Å². The molecule has 0 saturated carbocycles. The molecule has 2 aromatic rings. The van der Waals surface area contributed by atoms with Gasteiger partial charge in [0.1, 0.15) is 5.82 Å². The highest BCUT2D eigenvalue weighted by Crippen LogP contribution is 2.19. The van der Waals surface area contributed by atoms with Gasteiger partial charge in [0.15, 0.2) is 5.96 Å². The average molecular weight is 529 g/mol. The first-order valence-corrected chi connectivity index (χ1v) is 9.68. The highest BCUT2D eigenvalue weighted by atomic mass is 127. The summed E-state index contributed by atoms with van der Waals surface area (Å²) in [7, 11) is 0. The number of anilines is 2. The normalized spacial score (nSPS) is 14.3. The summed E-state index contributed by atoms with van der Waals surface area (Å²) in [6.07, 6.45) is 0.265. The number of aliphatic imine (C=N–C) groups is 1. The standard InChI is InChI=1S/C20H25ClN6O.HI/c1-15-3-2-4-18(24-15)25-19(28)9-10-23-20(22)27-13-11-26(12-14-27)17-7-5-16(21)6-8-17;/h2-8H,9-14H2,1H3,(H2,22,23)(H,24,25,28);1H. The van der Waals surface area contributed by atoms with Crippen molar-refractivity contribution in [2.45, 2.75) is 13.3 Å². The Morgan fingerprint density at radius 1 is 1.17 bits per heavy atom. The fourth-order valence-corrected chi connectivity index (χ4v) is 3.16. The number of rotatable bonds is 5. The van der Waals surface area contributed by atoms with E-state index in [4.69, 9.17) is 17.3 Å². The number of nitrogens with zero attached hydrogens (tertiary/aromatic N) is 4. The van der Waals surface area contributed by atoms with Crippen LogP contribution in [-0.4, -0.2) is 54.5 Å². The highest BCUT2D eigenvalue weighted by molar-refractivity contribution is 14.0. The summed E-state index contributed by atoms with van der Waals surface area (Å²) in [4.78, 5) is 25.0. The predicted molar refractivity (Wildman–Crippen MR) is 129 cm³/mol. The number of guanidine groups is 1. The quantitative estimate of drug-likeness (QED) is 0.354. The zero-order chi connectivity index (χ0) is 19.9. The van der Waals surface area contributed by atoms with E-state index in [0.29, 0.717) is 18.3 Å². The van der Waals surface area contributed by atoms with Gasteiger partial charge in [0.25, 0.3) is 0 Å². The van der Waals surface area contributed by atoms with Crippen LogP contribution in [0.25, 0.3) is 0 Å². The van der Waals surface area contributed by atoms with Crippen molar-refractivity contribution >= 4 is 58.9 Å². The number of halogens is 2. The molecule has 1 fully saturated rings. The molecule has 1 aromatic heterocycles. The van der Waals surface area contributed by atoms with Crippen molar-refractivity contribution in [3.63, 3.8) is 0 Å². The van der Waals surface area contributed by atoms with Gasteiger partial charge in [-0.25, -0.2) is 4.98 Å². The van der Waals surface area contributed by atoms with Crippen molar-refractivity contribution < 1.29 is 4.79 Å². The number of aromatic nitrogens is 1. The van der Waals surface area contributed by atoms with Gasteiger partial charge in [-0.3, -0.25) is 9.79 Å². The van der Waals surface area contributed by atoms with Gasteiger partial charge in [-0.05, 0) is 43.3 Å². The molecule has 7 nitrogen and oxygen atoms in total. The molecule has 29 heavy (non-hydrogen) atoms. The monoisotopic (exact) mass is 528 g/mol. The molecule has 1 saturated heterocycles. The Morgan fingerprint density at radius 3 is 2.52 bits per heavy atom. The zero-order valence-electron chi connectivity index (χ0n) is 16.3. The van der Waals surface area contributed by atoms with Crippen LogP contribution in [0.5, 0.6) is 0 Å². The molecule has 3 rings (SSSR count). The lowest BCUT2D eigenvalue weighted by Crippen LogP contribution is -2.51. The maximum absolute atomic E-state index is 12.0. The number of piperazine rings is 1. The number of nitrogens with two attached hydrogens (primary N) is 1. The summed E-state index contributed by atoms with van der Waals surface area (Å²) in [6, 6.07) is 13.4. The molecular weight excluding hydrogens is 503 g/mol. The average Bonchev–Trinajstić information content (AvgIpc) is 2.68. The Labute approximate surface area is 193 Å². The molecule has 2 heterocycles. The molecule has 0 spiro atoms. The van der Waals surface area contributed by atoms with E-state index in [1.807, 2.05) is 48.2 Å². The van der Waals surface area contributed by atoms with Crippen molar-refractivity contribution in [2.24, 2.45) is 10.7 Å². The van der Waals surface area contributed by atoms with Crippen LogP contribution in [0, 0.1) is 6.92 Å². The second-order valence-electron chi connectivity index (χ2n) is 6.65. The summed E-state index contributed by atoms with van der Waals surface area (Å²) in [6.45, 7) is 5.53. The van der Waals surface area contributed by atoms with Crippen LogP contribution >= 0.6 is 35.6 Å². The predicted octanol–water partition coefficient (Wildman–Crippen LogP) is 3.13. The Morgan fingerprint density at radius 2 is 1.86 bits per heavy atom. The third-order valence-corrected chi connectivity index (χ3v) is 4.82. The Kier molecular flexibility index (Phi) is 8.97. The van der Waals surface area contributed by atoms with E-state index in [1.165, 1.54) is 0 Å². The largest absolute Gasteiger partial charge is 0.370 e. The second kappa shape index (κ2) is 11.2. The number of aryl methyl sites for hydroxylation is 1. The van der Waals surface area contributed by atoms with Crippen molar-refractivity contribution in [3.05, 3.63) is 53.2 Å². The Hall–Kier alpha value is -2.07. The van der Waals surface area contributed by atoms with E-state index in [0.717, 1.165) is 42.6 Å². The van der Waals surface area contributed by atoms with E-state index in [9.17, 15) is 4.79 Å². The topological polar surface area (TPSA) is 86.8 Å². The van der Waals surface area contributed by atoms with Crippen LogP contribution in [0.4, 0.5) is 11.5 Å². The van der Waals surface area contributed by atoms with Gasteiger partial charge >= 0.3 is 0 Å². The lowest BCUT2D eigenvalue weighted by molar-refractivity contribution is -0.116. The van der Waals surface area contributed by atoms with Crippen LogP contribution < -0.4 is 16.0 Å². The van der Waals surface area contributed by atoms with Gasteiger partial charge in [-0.2, -0.15) is 0 Å². The second-order valence-corrected chi connectivity index (χ2v) is 7.09. The van der Waals surface area contributed by atoms with E-state index in [-0.39, 0.29) is 36.3 Å². The first kappa shape index (κ1) is 23.2. The molecule has 1 aromatic carbocycles. The van der Waals surface area contributed by atoms with Crippen LogP contribution in [-0.2, 0) is 4.79 Å². The summed E-state index contributed by atoms with van der Waals surface area (Å²) in [5.74, 6) is 0.916. The number of benzene rings is 1. The van der Waals surface area contributed by atoms with Crippen LogP contribution in [0.15, 0.2) is 47.5 Å². The lowest BCUT2D eigenvalue weighted by atomic mass is 10.2. The smallest absolute Gasteiger partial charge is 0.227 e. The summed E-state index contributed by atoms with van der Waals surface area (Å²) in [5.41, 5.74) is 8.12. The van der Waals surface area contributed by atoms with Crippen LogP contribution in [0.3, 0.4) is 0 Å². The van der Waals surface area contributed by atoms with Crippen molar-refractivity contribution in [2.75, 3.05) is 42.9 Å². The number of carbonyl (C=O) groups is 1. The van der Waals surface area contributed by atoms with E-state index >= 15 is 0 Å². The number of amides is 1. The zero-order valence-corrected chi connectivity index (χ0v) is 19.4. The fraction of sp³-hybridized carbons (Fsp3) is 0.350. The first-order chi connectivity index (χ1) is 13.5. The van der Waals surface area contributed by atoms with Crippen molar-refractivity contribution in [1.29, 1.82) is 0 Å². The molecule has 1 aliphatic rings. The van der Waals surface area contributed by atoms with Crippen molar-refractivity contribution in [1.82, 2.24) is 9.88 Å². The molecule has 0 aliphatic carbocycles. The molecule has 3 N–H and O–H groups in total. The number of hydrogen-bond acceptors (Lipinski definition) is 4. The Bertz CT molecular complexity index is 837. The minimum atomic E-state index is -0.123. The molecule has 0 bridgehead atoms. The molecule has 0 unspecified atom stereocenters. The maximum atomic E-state index is 12.0. The van der Waals surface area contributed by atoms with E-state index < -0.39 is 0 Å². The van der Waals surface area contributed by atoms with Gasteiger partial charge in [0.2, 0.25) is 5.91 Å². The summed E-state index contributed by atoms with van der Waals surface area (Å²) in [5, 5.41) is 3.51. The summed E-state index contributed by atoms with van der Waals surface area (Å²) >= 11 is 5.95. The number of hydrogen-bond donors (Lipinski definition) is 2. The van der Waals surface area contributed by atoms with Gasteiger partial charge in [0.05, 0.1) is 6.54 Å². The van der Waals surface area contributed by atoms with Gasteiger partial charge in [0, 0.05) is 49.0 Å². The number of carbonyl (C=O) groups excluding carboxylic acids is 1. The third kappa shape index (κ3) is 7.04. The van der Waals surface area contributed by atoms with Crippen LogP contribution in [0.1, 0.15) is 12.1 Å². The highest BCUT2D eigenvalue weighted by Gasteiger charge is 2.18. The molecule has 0 atom stereocenters. The summed E-state index contributed by atoms with van der Waals surface area (Å²) < 4.78 is 0. The minimum absolute atomic E-state index is 0. The SMILES string of the molecule is Cc1cccc(NC(=O)CCN=C(N)N2CCN(c3ccc(Cl)cc3)CC2)n1.I. The van der Waals surface area contributed by atoms with E-state index in [2.05, 4.69) is 20.2 Å². The third-order valence-electron chi connectivity index (χ3n) is 4.56. The molecule has 1 amide bonds. The molecule has 0 radical (unpaired) electrons. The lowest BCUT2D eigenvalue weighted by Gasteiger charge is -2.36. The fourth-order valence-electron chi connectivity index (χ4n) is 3.04. The van der Waals surface area contributed by atoms with Crippen molar-refractivity contribution in [3.8, 4) is 0 Å². The molecule has 9 heteroatoms. The minimum Gasteiger partial charge on any atom is -0.370 e. The molecular formula is C20H26ClIN6O. The van der Waals surface area contributed by atoms with Gasteiger partial charge in [-0.1, -0.05) is 17.7 Å². The first-order valence-electron chi connectivity index (χ1n) is 9.30. The van der Waals surface area contributed by atoms with Gasteiger partial charge in [-0.15, -0.1) is 24.0 Å². The van der Waals surface area contributed by atoms with Gasteiger partial charge < -0.3 is 20.9 Å².